The molecule has 3 heterocycles. The van der Waals surface area contributed by atoms with E-state index in [1.165, 1.54) is 5.56 Å². The summed E-state index contributed by atoms with van der Waals surface area (Å²) in [6, 6.07) is 13.1. The van der Waals surface area contributed by atoms with Gasteiger partial charge in [0.05, 0.1) is 19.8 Å². The highest BCUT2D eigenvalue weighted by Crippen LogP contribution is 2.26. The maximum atomic E-state index is 6.15. The lowest BCUT2D eigenvalue weighted by Crippen LogP contribution is -2.49. The lowest BCUT2D eigenvalue weighted by Gasteiger charge is -2.37. The van der Waals surface area contributed by atoms with Crippen molar-refractivity contribution in [2.45, 2.75) is 31.7 Å². The Morgan fingerprint density at radius 3 is 2.73 bits per heavy atom. The van der Waals surface area contributed by atoms with Crippen LogP contribution in [0.15, 0.2) is 48.8 Å². The SMILES string of the molecule is COc1ccc(CN2CCN3C[C@H](OCc4cccnc4)C[C@@H]3C2)cc1. The lowest BCUT2D eigenvalue weighted by atomic mass is 10.1. The van der Waals surface area contributed by atoms with Crippen LogP contribution in [0.1, 0.15) is 17.5 Å². The van der Waals surface area contributed by atoms with Crippen molar-refractivity contribution >= 4 is 0 Å². The minimum Gasteiger partial charge on any atom is -0.497 e. The molecule has 2 fully saturated rings. The van der Waals surface area contributed by atoms with Crippen molar-refractivity contribution < 1.29 is 9.47 Å². The number of rotatable bonds is 6. The van der Waals surface area contributed by atoms with Gasteiger partial charge in [-0.15, -0.1) is 0 Å². The molecule has 2 aliphatic rings. The number of methoxy groups -OCH3 is 1. The van der Waals surface area contributed by atoms with Crippen LogP contribution < -0.4 is 4.74 Å². The van der Waals surface area contributed by atoms with Crippen molar-refractivity contribution in [1.29, 1.82) is 0 Å². The van der Waals surface area contributed by atoms with Gasteiger partial charge >= 0.3 is 0 Å². The predicted octanol–water partition coefficient (Wildman–Crippen LogP) is 2.57. The predicted molar refractivity (Wildman–Crippen MR) is 101 cm³/mol. The molecule has 4 rings (SSSR count). The number of fused-ring (bicyclic) bond motifs is 1. The Hall–Kier alpha value is -1.95. The molecule has 2 saturated heterocycles. The van der Waals surface area contributed by atoms with E-state index in [9.17, 15) is 0 Å². The largest absolute Gasteiger partial charge is 0.497 e. The lowest BCUT2D eigenvalue weighted by molar-refractivity contribution is 0.0457. The van der Waals surface area contributed by atoms with Crippen LogP contribution in [0.4, 0.5) is 0 Å². The smallest absolute Gasteiger partial charge is 0.118 e. The minimum absolute atomic E-state index is 0.334. The van der Waals surface area contributed by atoms with Crippen LogP contribution in [0.2, 0.25) is 0 Å². The quantitative estimate of drug-likeness (QED) is 0.798. The first-order valence-corrected chi connectivity index (χ1v) is 9.40. The molecule has 5 nitrogen and oxygen atoms in total. The molecule has 0 aliphatic carbocycles. The third kappa shape index (κ3) is 4.23. The van der Waals surface area contributed by atoms with Gasteiger partial charge in [-0.1, -0.05) is 18.2 Å². The first-order chi connectivity index (χ1) is 12.8. The van der Waals surface area contributed by atoms with Crippen molar-refractivity contribution in [1.82, 2.24) is 14.8 Å². The number of hydrogen-bond donors (Lipinski definition) is 0. The Kier molecular flexibility index (Phi) is 5.48. The average Bonchev–Trinajstić information content (AvgIpc) is 3.10. The summed E-state index contributed by atoms with van der Waals surface area (Å²) in [5, 5.41) is 0. The fourth-order valence-electron chi connectivity index (χ4n) is 4.01. The number of aromatic nitrogens is 1. The van der Waals surface area contributed by atoms with Crippen LogP contribution in [0, 0.1) is 0 Å². The molecular weight excluding hydrogens is 326 g/mol. The summed E-state index contributed by atoms with van der Waals surface area (Å²) in [5.41, 5.74) is 2.50. The van der Waals surface area contributed by atoms with Crippen LogP contribution in [0.25, 0.3) is 0 Å². The van der Waals surface area contributed by atoms with Crippen LogP contribution in [-0.2, 0) is 17.9 Å². The first-order valence-electron chi connectivity index (χ1n) is 9.40. The second-order valence-electron chi connectivity index (χ2n) is 7.26. The highest BCUT2D eigenvalue weighted by Gasteiger charge is 2.36. The molecule has 5 heteroatoms. The van der Waals surface area contributed by atoms with Gasteiger partial charge in [0.15, 0.2) is 0 Å². The maximum Gasteiger partial charge on any atom is 0.118 e. The summed E-state index contributed by atoms with van der Waals surface area (Å²) in [5.74, 6) is 0.919. The van der Waals surface area contributed by atoms with E-state index < -0.39 is 0 Å². The molecular formula is C21H27N3O2. The zero-order chi connectivity index (χ0) is 17.8. The standard InChI is InChI=1S/C21H27N3O2/c1-25-20-6-4-17(5-7-20)13-23-9-10-24-15-21(11-19(24)14-23)26-16-18-3-2-8-22-12-18/h2-8,12,19,21H,9-11,13-16H2,1H3/t19-,21-/m1/s1. The van der Waals surface area contributed by atoms with Crippen molar-refractivity contribution in [3.05, 3.63) is 59.9 Å². The molecule has 2 aromatic rings. The number of benzene rings is 1. The first kappa shape index (κ1) is 17.5. The zero-order valence-electron chi connectivity index (χ0n) is 15.4. The molecule has 0 bridgehead atoms. The van der Waals surface area contributed by atoms with Crippen molar-refractivity contribution in [3.63, 3.8) is 0 Å². The Morgan fingerprint density at radius 2 is 1.96 bits per heavy atom. The van der Waals surface area contributed by atoms with Crippen molar-refractivity contribution in [2.24, 2.45) is 0 Å². The van der Waals surface area contributed by atoms with Gasteiger partial charge in [-0.3, -0.25) is 14.8 Å². The van der Waals surface area contributed by atoms with E-state index in [2.05, 4.69) is 33.0 Å². The van der Waals surface area contributed by atoms with E-state index in [0.717, 1.165) is 50.5 Å². The second-order valence-corrected chi connectivity index (χ2v) is 7.26. The zero-order valence-corrected chi connectivity index (χ0v) is 15.4. The second kappa shape index (κ2) is 8.16. The minimum atomic E-state index is 0.334. The summed E-state index contributed by atoms with van der Waals surface area (Å²) in [7, 11) is 1.71. The van der Waals surface area contributed by atoms with Gasteiger partial charge in [-0.25, -0.2) is 0 Å². The molecule has 0 amide bonds. The van der Waals surface area contributed by atoms with E-state index in [4.69, 9.17) is 9.47 Å². The number of pyridine rings is 1. The summed E-state index contributed by atoms with van der Waals surface area (Å²) in [6.45, 7) is 6.11. The molecule has 2 atom stereocenters. The van der Waals surface area contributed by atoms with E-state index >= 15 is 0 Å². The third-order valence-corrected chi connectivity index (χ3v) is 5.44. The average molecular weight is 353 g/mol. The van der Waals surface area contributed by atoms with Crippen LogP contribution >= 0.6 is 0 Å². The number of nitrogens with zero attached hydrogens (tertiary/aromatic N) is 3. The molecule has 1 aromatic carbocycles. The van der Waals surface area contributed by atoms with Gasteiger partial charge in [0, 0.05) is 51.2 Å². The van der Waals surface area contributed by atoms with Crippen LogP contribution in [0.3, 0.4) is 0 Å². The third-order valence-electron chi connectivity index (χ3n) is 5.44. The monoisotopic (exact) mass is 353 g/mol. The van der Waals surface area contributed by atoms with E-state index in [1.807, 2.05) is 24.4 Å². The van der Waals surface area contributed by atoms with E-state index in [-0.39, 0.29) is 0 Å². The number of hydrogen-bond acceptors (Lipinski definition) is 5. The topological polar surface area (TPSA) is 37.8 Å². The molecule has 2 aliphatic heterocycles. The van der Waals surface area contributed by atoms with Gasteiger partial charge in [0.25, 0.3) is 0 Å². The fourth-order valence-corrected chi connectivity index (χ4v) is 4.01. The maximum absolute atomic E-state index is 6.15. The highest BCUT2D eigenvalue weighted by atomic mass is 16.5. The van der Waals surface area contributed by atoms with Crippen molar-refractivity contribution in [2.75, 3.05) is 33.3 Å². The fraction of sp³-hybridized carbons (Fsp3) is 0.476. The molecule has 0 N–H and O–H groups in total. The summed E-state index contributed by atoms with van der Waals surface area (Å²) in [4.78, 5) is 9.32. The van der Waals surface area contributed by atoms with Gasteiger partial charge in [-0.2, -0.15) is 0 Å². The number of piperazine rings is 1. The molecule has 0 radical (unpaired) electrons. The van der Waals surface area contributed by atoms with Gasteiger partial charge in [0.2, 0.25) is 0 Å². The van der Waals surface area contributed by atoms with E-state index in [1.54, 1.807) is 13.3 Å². The highest BCUT2D eigenvalue weighted by molar-refractivity contribution is 5.27. The normalized spacial score (nSPS) is 23.7. The van der Waals surface area contributed by atoms with Crippen LogP contribution in [-0.4, -0.2) is 60.2 Å². The summed E-state index contributed by atoms with van der Waals surface area (Å²) in [6.07, 6.45) is 5.15. The summed E-state index contributed by atoms with van der Waals surface area (Å²) >= 11 is 0. The van der Waals surface area contributed by atoms with Gasteiger partial charge in [0.1, 0.15) is 5.75 Å². The molecule has 0 saturated carbocycles. The Bertz CT molecular complexity index is 692. The Labute approximate surface area is 155 Å². The van der Waals surface area contributed by atoms with E-state index in [0.29, 0.717) is 18.8 Å². The molecule has 138 valence electrons. The van der Waals surface area contributed by atoms with Crippen LogP contribution in [0.5, 0.6) is 5.75 Å². The molecule has 26 heavy (non-hydrogen) atoms. The number of ether oxygens (including phenoxy) is 2. The van der Waals surface area contributed by atoms with Gasteiger partial charge < -0.3 is 9.47 Å². The molecule has 0 unspecified atom stereocenters. The Morgan fingerprint density at radius 1 is 1.08 bits per heavy atom. The summed E-state index contributed by atoms with van der Waals surface area (Å²) < 4.78 is 11.4. The molecule has 0 spiro atoms. The Balaban J connectivity index is 1.27. The molecule has 1 aromatic heterocycles. The van der Waals surface area contributed by atoms with Gasteiger partial charge in [-0.05, 0) is 35.7 Å². The van der Waals surface area contributed by atoms with Crippen molar-refractivity contribution in [3.8, 4) is 5.75 Å².